The Morgan fingerprint density at radius 2 is 2.20 bits per heavy atom. The summed E-state index contributed by atoms with van der Waals surface area (Å²) in [5.74, 6) is 0.698. The van der Waals surface area contributed by atoms with E-state index in [2.05, 4.69) is 27.6 Å². The molecule has 1 aliphatic rings. The molecule has 3 nitrogen and oxygen atoms in total. The van der Waals surface area contributed by atoms with E-state index in [9.17, 15) is 4.79 Å². The topological polar surface area (TPSA) is 38.7 Å². The molecular formula is C11H10INO2. The summed E-state index contributed by atoms with van der Waals surface area (Å²) < 4.78 is 6.15. The number of hydrogen-bond donors (Lipinski definition) is 0. The smallest absolute Gasteiger partial charge is 0.173 e. The van der Waals surface area contributed by atoms with Gasteiger partial charge in [-0.05, 0) is 34.7 Å². The van der Waals surface area contributed by atoms with Crippen LogP contribution in [0.3, 0.4) is 0 Å². The molecule has 78 valence electrons. The van der Waals surface area contributed by atoms with Crippen LogP contribution in [0.15, 0.2) is 17.1 Å². The van der Waals surface area contributed by atoms with Gasteiger partial charge in [-0.15, -0.1) is 0 Å². The molecular weight excluding hydrogens is 305 g/mol. The molecule has 1 atom stereocenters. The average Bonchev–Trinajstić information content (AvgIpc) is 2.23. The standard InChI is InChI=1S/C11H10INO2/c1-6-5-13-9-4-8(12)10(15-2)3-7(9)11(6)14/h3-6H,1-2H3. The van der Waals surface area contributed by atoms with E-state index in [0.29, 0.717) is 5.56 Å². The molecule has 0 spiro atoms. The minimum atomic E-state index is -0.137. The second-order valence-corrected chi connectivity index (χ2v) is 4.60. The van der Waals surface area contributed by atoms with Crippen LogP contribution in [0.25, 0.3) is 0 Å². The van der Waals surface area contributed by atoms with Crippen molar-refractivity contribution in [3.63, 3.8) is 0 Å². The highest BCUT2D eigenvalue weighted by molar-refractivity contribution is 14.1. The summed E-state index contributed by atoms with van der Waals surface area (Å²) in [6.07, 6.45) is 1.69. The first-order valence-corrected chi connectivity index (χ1v) is 5.67. The predicted octanol–water partition coefficient (Wildman–Crippen LogP) is 2.83. The fourth-order valence-electron chi connectivity index (χ4n) is 1.51. The van der Waals surface area contributed by atoms with Gasteiger partial charge in [0.15, 0.2) is 5.78 Å². The largest absolute Gasteiger partial charge is 0.496 e. The lowest BCUT2D eigenvalue weighted by Crippen LogP contribution is -2.16. The lowest BCUT2D eigenvalue weighted by molar-refractivity contribution is 0.0962. The highest BCUT2D eigenvalue weighted by Gasteiger charge is 2.22. The van der Waals surface area contributed by atoms with Crippen LogP contribution in [0.5, 0.6) is 5.75 Å². The van der Waals surface area contributed by atoms with Crippen molar-refractivity contribution in [3.05, 3.63) is 21.3 Å². The zero-order valence-corrected chi connectivity index (χ0v) is 10.6. The maximum Gasteiger partial charge on any atom is 0.173 e. The summed E-state index contributed by atoms with van der Waals surface area (Å²) in [4.78, 5) is 16.1. The van der Waals surface area contributed by atoms with Crippen molar-refractivity contribution in [1.82, 2.24) is 0 Å². The number of carbonyl (C=O) groups excluding carboxylic acids is 1. The molecule has 15 heavy (non-hydrogen) atoms. The number of rotatable bonds is 1. The van der Waals surface area contributed by atoms with Gasteiger partial charge in [-0.25, -0.2) is 0 Å². The Morgan fingerprint density at radius 1 is 1.47 bits per heavy atom. The Morgan fingerprint density at radius 3 is 2.87 bits per heavy atom. The van der Waals surface area contributed by atoms with E-state index < -0.39 is 0 Å². The molecule has 1 aromatic rings. The van der Waals surface area contributed by atoms with Gasteiger partial charge in [0.1, 0.15) is 5.75 Å². The molecule has 0 saturated carbocycles. The normalized spacial score (nSPS) is 18.9. The van der Waals surface area contributed by atoms with E-state index in [1.54, 1.807) is 19.4 Å². The number of ketones is 1. The molecule has 0 bridgehead atoms. The van der Waals surface area contributed by atoms with Gasteiger partial charge in [-0.1, -0.05) is 6.92 Å². The highest BCUT2D eigenvalue weighted by Crippen LogP contribution is 2.33. The van der Waals surface area contributed by atoms with E-state index in [1.807, 2.05) is 13.0 Å². The molecule has 0 amide bonds. The lowest BCUT2D eigenvalue weighted by atomic mass is 9.96. The van der Waals surface area contributed by atoms with E-state index in [0.717, 1.165) is 15.0 Å². The van der Waals surface area contributed by atoms with Crippen LogP contribution in [0.2, 0.25) is 0 Å². The number of ether oxygens (including phenoxy) is 1. The van der Waals surface area contributed by atoms with Gasteiger partial charge < -0.3 is 4.74 Å². The maximum atomic E-state index is 11.8. The summed E-state index contributed by atoms with van der Waals surface area (Å²) in [6.45, 7) is 1.85. The average molecular weight is 315 g/mol. The van der Waals surface area contributed by atoms with E-state index in [4.69, 9.17) is 4.74 Å². The number of Topliss-reactive ketones (excluding diaryl/α,β-unsaturated/α-hetero) is 1. The molecule has 2 rings (SSSR count). The summed E-state index contributed by atoms with van der Waals surface area (Å²) >= 11 is 2.17. The fraction of sp³-hybridized carbons (Fsp3) is 0.273. The Hall–Kier alpha value is -0.910. The van der Waals surface area contributed by atoms with Crippen LogP contribution in [-0.4, -0.2) is 19.1 Å². The Balaban J connectivity index is 2.60. The van der Waals surface area contributed by atoms with Crippen LogP contribution in [-0.2, 0) is 0 Å². The van der Waals surface area contributed by atoms with E-state index in [-0.39, 0.29) is 11.7 Å². The molecule has 1 heterocycles. The lowest BCUT2D eigenvalue weighted by Gasteiger charge is -2.15. The molecule has 0 saturated heterocycles. The van der Waals surface area contributed by atoms with Crippen LogP contribution in [0.4, 0.5) is 5.69 Å². The van der Waals surface area contributed by atoms with Gasteiger partial charge in [-0.3, -0.25) is 9.79 Å². The van der Waals surface area contributed by atoms with Crippen molar-refractivity contribution in [2.24, 2.45) is 10.9 Å². The number of aliphatic imine (C=N–C) groups is 1. The quantitative estimate of drug-likeness (QED) is 0.748. The monoisotopic (exact) mass is 315 g/mol. The first-order chi connectivity index (χ1) is 7.13. The summed E-state index contributed by atoms with van der Waals surface area (Å²) in [5.41, 5.74) is 1.39. The Labute approximate surface area is 102 Å². The van der Waals surface area contributed by atoms with Crippen LogP contribution in [0, 0.1) is 9.49 Å². The van der Waals surface area contributed by atoms with Crippen LogP contribution >= 0.6 is 22.6 Å². The zero-order chi connectivity index (χ0) is 11.0. The molecule has 0 aromatic heterocycles. The van der Waals surface area contributed by atoms with Crippen LogP contribution in [0.1, 0.15) is 17.3 Å². The van der Waals surface area contributed by atoms with Gasteiger partial charge in [0.2, 0.25) is 0 Å². The molecule has 1 unspecified atom stereocenters. The second kappa shape index (κ2) is 3.92. The van der Waals surface area contributed by atoms with Crippen molar-refractivity contribution < 1.29 is 9.53 Å². The summed E-state index contributed by atoms with van der Waals surface area (Å²) in [5, 5.41) is 0. The molecule has 1 aliphatic heterocycles. The summed E-state index contributed by atoms with van der Waals surface area (Å²) in [7, 11) is 1.60. The Kier molecular flexibility index (Phi) is 2.77. The minimum Gasteiger partial charge on any atom is -0.496 e. The number of benzene rings is 1. The molecule has 0 radical (unpaired) electrons. The van der Waals surface area contributed by atoms with Gasteiger partial charge in [-0.2, -0.15) is 0 Å². The van der Waals surface area contributed by atoms with Gasteiger partial charge >= 0.3 is 0 Å². The van der Waals surface area contributed by atoms with Crippen molar-refractivity contribution in [1.29, 1.82) is 0 Å². The van der Waals surface area contributed by atoms with Crippen molar-refractivity contribution in [2.75, 3.05) is 7.11 Å². The maximum absolute atomic E-state index is 11.8. The zero-order valence-electron chi connectivity index (χ0n) is 8.45. The van der Waals surface area contributed by atoms with Crippen molar-refractivity contribution in [2.45, 2.75) is 6.92 Å². The molecule has 0 fully saturated rings. The predicted molar refractivity (Wildman–Crippen MR) is 67.4 cm³/mol. The number of fused-ring (bicyclic) bond motifs is 1. The van der Waals surface area contributed by atoms with Gasteiger partial charge in [0.05, 0.1) is 22.3 Å². The third-order valence-electron chi connectivity index (χ3n) is 2.39. The molecule has 0 aliphatic carbocycles. The number of methoxy groups -OCH3 is 1. The first-order valence-electron chi connectivity index (χ1n) is 4.59. The first kappa shape index (κ1) is 10.6. The third-order valence-corrected chi connectivity index (χ3v) is 3.23. The van der Waals surface area contributed by atoms with Gasteiger partial charge in [0, 0.05) is 11.8 Å². The summed E-state index contributed by atoms with van der Waals surface area (Å²) in [6, 6.07) is 3.64. The van der Waals surface area contributed by atoms with E-state index >= 15 is 0 Å². The SMILES string of the molecule is COc1cc2c(cc1I)N=CC(C)C2=O. The van der Waals surface area contributed by atoms with Crippen molar-refractivity contribution >= 4 is 40.3 Å². The molecule has 1 aromatic carbocycles. The number of halogens is 1. The third kappa shape index (κ3) is 1.78. The van der Waals surface area contributed by atoms with Crippen LogP contribution < -0.4 is 4.74 Å². The second-order valence-electron chi connectivity index (χ2n) is 3.43. The molecule has 4 heteroatoms. The number of nitrogens with zero attached hydrogens (tertiary/aromatic N) is 1. The van der Waals surface area contributed by atoms with E-state index in [1.165, 1.54) is 0 Å². The molecule has 0 N–H and O–H groups in total. The minimum absolute atomic E-state index is 0.106. The van der Waals surface area contributed by atoms with Gasteiger partial charge in [0.25, 0.3) is 0 Å². The fourth-order valence-corrected chi connectivity index (χ4v) is 2.18. The highest BCUT2D eigenvalue weighted by atomic mass is 127. The number of carbonyl (C=O) groups is 1. The Bertz CT molecular complexity index is 454. The number of hydrogen-bond acceptors (Lipinski definition) is 3. The van der Waals surface area contributed by atoms with Crippen molar-refractivity contribution in [3.8, 4) is 5.75 Å².